The van der Waals surface area contributed by atoms with E-state index in [1.54, 1.807) is 7.11 Å². The van der Waals surface area contributed by atoms with Gasteiger partial charge in [0.25, 0.3) is 0 Å². The summed E-state index contributed by atoms with van der Waals surface area (Å²) in [7, 11) is 1.71. The Morgan fingerprint density at radius 1 is 1.21 bits per heavy atom. The van der Waals surface area contributed by atoms with Gasteiger partial charge in [0.15, 0.2) is 0 Å². The molecule has 0 aliphatic carbocycles. The van der Waals surface area contributed by atoms with Crippen molar-refractivity contribution in [1.29, 1.82) is 0 Å². The SMILES string of the molecule is COc1c(C)cc(C)cc1C(CO)N1CCCCC1. The van der Waals surface area contributed by atoms with Gasteiger partial charge in [-0.15, -0.1) is 0 Å². The first-order valence-corrected chi connectivity index (χ1v) is 7.17. The highest BCUT2D eigenvalue weighted by Gasteiger charge is 2.25. The highest BCUT2D eigenvalue weighted by atomic mass is 16.5. The van der Waals surface area contributed by atoms with Crippen LogP contribution < -0.4 is 4.74 Å². The van der Waals surface area contributed by atoms with Crippen LogP contribution >= 0.6 is 0 Å². The normalized spacial score (nSPS) is 18.3. The zero-order valence-electron chi connectivity index (χ0n) is 12.3. The van der Waals surface area contributed by atoms with Crippen LogP contribution in [0.15, 0.2) is 12.1 Å². The maximum atomic E-state index is 9.84. The average molecular weight is 263 g/mol. The first-order chi connectivity index (χ1) is 9.17. The van der Waals surface area contributed by atoms with Crippen LogP contribution in [-0.4, -0.2) is 36.8 Å². The van der Waals surface area contributed by atoms with Crippen molar-refractivity contribution in [3.05, 3.63) is 28.8 Å². The molecule has 1 saturated heterocycles. The van der Waals surface area contributed by atoms with Gasteiger partial charge >= 0.3 is 0 Å². The lowest BCUT2D eigenvalue weighted by atomic mass is 9.97. The molecule has 0 saturated carbocycles. The summed E-state index contributed by atoms with van der Waals surface area (Å²) in [6.07, 6.45) is 3.76. The molecule has 1 aromatic rings. The molecule has 1 unspecified atom stereocenters. The molecule has 1 aliphatic heterocycles. The monoisotopic (exact) mass is 263 g/mol. The van der Waals surface area contributed by atoms with Crippen LogP contribution in [0.25, 0.3) is 0 Å². The summed E-state index contributed by atoms with van der Waals surface area (Å²) < 4.78 is 5.57. The fourth-order valence-electron chi connectivity index (χ4n) is 3.15. The van der Waals surface area contributed by atoms with E-state index < -0.39 is 0 Å². The van der Waals surface area contributed by atoms with E-state index in [9.17, 15) is 5.11 Å². The average Bonchev–Trinajstić information content (AvgIpc) is 2.40. The minimum Gasteiger partial charge on any atom is -0.496 e. The standard InChI is InChI=1S/C16H25NO2/c1-12-9-13(2)16(19-3)14(10-12)15(11-18)17-7-5-4-6-8-17/h9-10,15,18H,4-8,11H2,1-3H3. The lowest BCUT2D eigenvalue weighted by molar-refractivity contribution is 0.102. The lowest BCUT2D eigenvalue weighted by Gasteiger charge is -2.34. The summed E-state index contributed by atoms with van der Waals surface area (Å²) in [5.41, 5.74) is 3.50. The molecule has 1 N–H and O–H groups in total. The molecular weight excluding hydrogens is 238 g/mol. The second kappa shape index (κ2) is 6.40. The van der Waals surface area contributed by atoms with Crippen molar-refractivity contribution in [2.24, 2.45) is 0 Å². The van der Waals surface area contributed by atoms with Crippen LogP contribution in [-0.2, 0) is 0 Å². The number of nitrogens with zero attached hydrogens (tertiary/aromatic N) is 1. The minimum absolute atomic E-state index is 0.0637. The van der Waals surface area contributed by atoms with Gasteiger partial charge in [-0.25, -0.2) is 0 Å². The number of aliphatic hydroxyl groups excluding tert-OH is 1. The van der Waals surface area contributed by atoms with Crippen LogP contribution in [0.4, 0.5) is 0 Å². The number of ether oxygens (including phenoxy) is 1. The van der Waals surface area contributed by atoms with Crippen LogP contribution in [0.3, 0.4) is 0 Å². The van der Waals surface area contributed by atoms with E-state index >= 15 is 0 Å². The molecule has 0 spiro atoms. The summed E-state index contributed by atoms with van der Waals surface area (Å²) >= 11 is 0. The van der Waals surface area contributed by atoms with Crippen molar-refractivity contribution in [3.8, 4) is 5.75 Å². The maximum Gasteiger partial charge on any atom is 0.126 e. The van der Waals surface area contributed by atoms with Gasteiger partial charge in [0.1, 0.15) is 5.75 Å². The van der Waals surface area contributed by atoms with Crippen molar-refractivity contribution in [1.82, 2.24) is 4.90 Å². The third-order valence-corrected chi connectivity index (χ3v) is 4.02. The van der Waals surface area contributed by atoms with Gasteiger partial charge in [-0.1, -0.05) is 24.1 Å². The molecule has 0 bridgehead atoms. The number of hydrogen-bond donors (Lipinski definition) is 1. The number of methoxy groups -OCH3 is 1. The number of aryl methyl sites for hydroxylation is 2. The first kappa shape index (κ1) is 14.4. The molecule has 1 atom stereocenters. The van der Waals surface area contributed by atoms with E-state index in [-0.39, 0.29) is 12.6 Å². The van der Waals surface area contributed by atoms with Gasteiger partial charge in [-0.05, 0) is 45.3 Å². The summed E-state index contributed by atoms with van der Waals surface area (Å²) in [4.78, 5) is 2.39. The molecule has 0 radical (unpaired) electrons. The number of aliphatic hydroxyl groups is 1. The molecule has 2 rings (SSSR count). The molecule has 0 amide bonds. The fourth-order valence-corrected chi connectivity index (χ4v) is 3.15. The first-order valence-electron chi connectivity index (χ1n) is 7.17. The number of rotatable bonds is 4. The van der Waals surface area contributed by atoms with Crippen LogP contribution in [0.5, 0.6) is 5.75 Å². The van der Waals surface area contributed by atoms with Gasteiger partial charge in [-0.3, -0.25) is 4.90 Å². The highest BCUT2D eigenvalue weighted by molar-refractivity contribution is 5.45. The van der Waals surface area contributed by atoms with Crippen molar-refractivity contribution < 1.29 is 9.84 Å². The smallest absolute Gasteiger partial charge is 0.126 e. The van der Waals surface area contributed by atoms with Crippen LogP contribution in [0, 0.1) is 13.8 Å². The molecule has 1 aromatic carbocycles. The molecule has 0 aromatic heterocycles. The Labute approximate surface area is 116 Å². The van der Waals surface area contributed by atoms with Crippen molar-refractivity contribution in [2.75, 3.05) is 26.8 Å². The van der Waals surface area contributed by atoms with E-state index in [1.165, 1.54) is 24.8 Å². The number of benzene rings is 1. The molecule has 3 nitrogen and oxygen atoms in total. The zero-order valence-corrected chi connectivity index (χ0v) is 12.3. The molecule has 1 fully saturated rings. The Bertz CT molecular complexity index is 425. The molecular formula is C16H25NO2. The largest absolute Gasteiger partial charge is 0.496 e. The number of likely N-dealkylation sites (tertiary alicyclic amines) is 1. The summed E-state index contributed by atoms with van der Waals surface area (Å²) in [5, 5.41) is 9.84. The van der Waals surface area contributed by atoms with E-state index in [2.05, 4.69) is 30.9 Å². The highest BCUT2D eigenvalue weighted by Crippen LogP contribution is 2.34. The summed E-state index contributed by atoms with van der Waals surface area (Å²) in [5.74, 6) is 0.926. The van der Waals surface area contributed by atoms with Crippen LogP contribution in [0.1, 0.15) is 42.0 Å². The Hall–Kier alpha value is -1.06. The molecule has 19 heavy (non-hydrogen) atoms. The maximum absolute atomic E-state index is 9.84. The Morgan fingerprint density at radius 2 is 1.89 bits per heavy atom. The number of piperidine rings is 1. The predicted molar refractivity (Wildman–Crippen MR) is 77.7 cm³/mol. The topological polar surface area (TPSA) is 32.7 Å². The van der Waals surface area contributed by atoms with Gasteiger partial charge in [0, 0.05) is 5.56 Å². The van der Waals surface area contributed by atoms with Crippen molar-refractivity contribution >= 4 is 0 Å². The quantitative estimate of drug-likeness (QED) is 0.906. The van der Waals surface area contributed by atoms with Gasteiger partial charge < -0.3 is 9.84 Å². The summed E-state index contributed by atoms with van der Waals surface area (Å²) in [6, 6.07) is 4.35. The molecule has 1 heterocycles. The van der Waals surface area contributed by atoms with E-state index in [4.69, 9.17) is 4.74 Å². The Balaban J connectivity index is 2.36. The van der Waals surface area contributed by atoms with E-state index in [0.29, 0.717) is 0 Å². The third kappa shape index (κ3) is 3.10. The van der Waals surface area contributed by atoms with Crippen molar-refractivity contribution in [2.45, 2.75) is 39.2 Å². The van der Waals surface area contributed by atoms with Crippen LogP contribution in [0.2, 0.25) is 0 Å². The van der Waals surface area contributed by atoms with Gasteiger partial charge in [0.05, 0.1) is 19.8 Å². The predicted octanol–water partition coefficient (Wildman–Crippen LogP) is 2.83. The van der Waals surface area contributed by atoms with Gasteiger partial charge in [-0.2, -0.15) is 0 Å². The second-order valence-corrected chi connectivity index (χ2v) is 5.50. The summed E-state index contributed by atoms with van der Waals surface area (Å²) in [6.45, 7) is 6.46. The van der Waals surface area contributed by atoms with Gasteiger partial charge in [0.2, 0.25) is 0 Å². The minimum atomic E-state index is 0.0637. The van der Waals surface area contributed by atoms with E-state index in [1.807, 2.05) is 0 Å². The fraction of sp³-hybridized carbons (Fsp3) is 0.625. The zero-order chi connectivity index (χ0) is 13.8. The second-order valence-electron chi connectivity index (χ2n) is 5.50. The lowest BCUT2D eigenvalue weighted by Crippen LogP contribution is -2.35. The van der Waals surface area contributed by atoms with Crippen molar-refractivity contribution in [3.63, 3.8) is 0 Å². The Morgan fingerprint density at radius 3 is 2.47 bits per heavy atom. The molecule has 1 aliphatic rings. The molecule has 106 valence electrons. The Kier molecular flexibility index (Phi) is 4.83. The third-order valence-electron chi connectivity index (χ3n) is 4.02. The molecule has 3 heteroatoms. The number of hydrogen-bond acceptors (Lipinski definition) is 3. The van der Waals surface area contributed by atoms with E-state index in [0.717, 1.165) is 30.0 Å².